The van der Waals surface area contributed by atoms with Crippen molar-refractivity contribution in [1.29, 1.82) is 0 Å². The summed E-state index contributed by atoms with van der Waals surface area (Å²) in [6.07, 6.45) is -1.51. The fraction of sp³-hybridized carbons (Fsp3) is 0.286. The zero-order valence-electron chi connectivity index (χ0n) is 16.5. The summed E-state index contributed by atoms with van der Waals surface area (Å²) >= 11 is 6.20. The standard InChI is InChI=1S/C21H19ClF3N5O/c1-13-10-14-4-2-3-5-17(14)29(13)9-8-26-16-12-28-30(20(31)19(16)22)18-7-6-15(11-27-18)21(23,24)25/h2-7,11-13,26H,8-10H2,1H3. The van der Waals surface area contributed by atoms with Gasteiger partial charge in [0.1, 0.15) is 5.02 Å². The van der Waals surface area contributed by atoms with Crippen molar-refractivity contribution in [3.05, 3.63) is 75.3 Å². The van der Waals surface area contributed by atoms with E-state index >= 15 is 0 Å². The zero-order chi connectivity index (χ0) is 22.2. The van der Waals surface area contributed by atoms with Crippen LogP contribution in [0.25, 0.3) is 5.82 Å². The lowest BCUT2D eigenvalue weighted by Gasteiger charge is -2.25. The van der Waals surface area contributed by atoms with Crippen molar-refractivity contribution in [1.82, 2.24) is 14.8 Å². The topological polar surface area (TPSA) is 63.1 Å². The lowest BCUT2D eigenvalue weighted by Crippen LogP contribution is -2.34. The first-order valence-electron chi connectivity index (χ1n) is 9.65. The van der Waals surface area contributed by atoms with Gasteiger partial charge in [0.25, 0.3) is 5.56 Å². The number of hydrogen-bond donors (Lipinski definition) is 1. The van der Waals surface area contributed by atoms with E-state index in [0.717, 1.165) is 23.2 Å². The summed E-state index contributed by atoms with van der Waals surface area (Å²) < 4.78 is 39.0. The van der Waals surface area contributed by atoms with Gasteiger partial charge in [-0.15, -0.1) is 0 Å². The van der Waals surface area contributed by atoms with E-state index in [9.17, 15) is 18.0 Å². The minimum absolute atomic E-state index is 0.0473. The van der Waals surface area contributed by atoms with Crippen LogP contribution in [0, 0.1) is 0 Å². The summed E-state index contributed by atoms with van der Waals surface area (Å²) in [4.78, 5) is 18.5. The molecule has 1 N–H and O–H groups in total. The van der Waals surface area contributed by atoms with Gasteiger partial charge in [-0.2, -0.15) is 23.0 Å². The quantitative estimate of drug-likeness (QED) is 0.633. The van der Waals surface area contributed by atoms with Gasteiger partial charge in [-0.25, -0.2) is 4.98 Å². The van der Waals surface area contributed by atoms with Crippen molar-refractivity contribution < 1.29 is 13.2 Å². The SMILES string of the molecule is CC1Cc2ccccc2N1CCNc1cnn(-c2ccc(C(F)(F)F)cn2)c(=O)c1Cl. The van der Waals surface area contributed by atoms with Gasteiger partial charge in [0.2, 0.25) is 0 Å². The largest absolute Gasteiger partial charge is 0.417 e. The number of nitrogens with one attached hydrogen (secondary N) is 1. The number of fused-ring (bicyclic) bond motifs is 1. The third-order valence-electron chi connectivity index (χ3n) is 5.23. The molecule has 0 fully saturated rings. The monoisotopic (exact) mass is 449 g/mol. The molecule has 1 atom stereocenters. The number of halogens is 4. The molecule has 3 heterocycles. The van der Waals surface area contributed by atoms with Gasteiger partial charge in [-0.05, 0) is 37.1 Å². The number of aromatic nitrogens is 3. The summed E-state index contributed by atoms with van der Waals surface area (Å²) in [7, 11) is 0. The van der Waals surface area contributed by atoms with E-state index in [-0.39, 0.29) is 10.8 Å². The van der Waals surface area contributed by atoms with E-state index in [1.54, 1.807) is 0 Å². The molecule has 1 aromatic carbocycles. The van der Waals surface area contributed by atoms with Crippen LogP contribution in [0.1, 0.15) is 18.1 Å². The van der Waals surface area contributed by atoms with Crippen LogP contribution in [0.4, 0.5) is 24.5 Å². The van der Waals surface area contributed by atoms with E-state index in [2.05, 4.69) is 39.4 Å². The Bertz CT molecular complexity index is 1150. The highest BCUT2D eigenvalue weighted by Crippen LogP contribution is 2.31. The van der Waals surface area contributed by atoms with Gasteiger partial charge in [0.15, 0.2) is 5.82 Å². The molecule has 0 saturated carbocycles. The second-order valence-corrected chi connectivity index (χ2v) is 7.67. The number of benzene rings is 1. The fourth-order valence-electron chi connectivity index (χ4n) is 3.68. The van der Waals surface area contributed by atoms with Crippen LogP contribution in [-0.2, 0) is 12.6 Å². The molecular formula is C21H19ClF3N5O. The normalized spacial score (nSPS) is 15.8. The number of alkyl halides is 3. The Hall–Kier alpha value is -3.07. The molecule has 3 aromatic rings. The molecule has 0 radical (unpaired) electrons. The smallest absolute Gasteiger partial charge is 0.381 e. The average Bonchev–Trinajstić information content (AvgIpc) is 3.06. The second kappa shape index (κ2) is 8.22. The van der Waals surface area contributed by atoms with E-state index in [4.69, 9.17) is 11.6 Å². The molecule has 4 rings (SSSR count). The lowest BCUT2D eigenvalue weighted by molar-refractivity contribution is -0.137. The highest BCUT2D eigenvalue weighted by atomic mass is 35.5. The van der Waals surface area contributed by atoms with Gasteiger partial charge in [0.05, 0.1) is 17.4 Å². The molecular weight excluding hydrogens is 431 g/mol. The van der Waals surface area contributed by atoms with Gasteiger partial charge in [-0.3, -0.25) is 4.79 Å². The van der Waals surface area contributed by atoms with E-state index < -0.39 is 17.3 Å². The van der Waals surface area contributed by atoms with Crippen LogP contribution in [-0.4, -0.2) is 33.9 Å². The van der Waals surface area contributed by atoms with Crippen LogP contribution >= 0.6 is 11.6 Å². The first-order valence-corrected chi connectivity index (χ1v) is 10.0. The van der Waals surface area contributed by atoms with Crippen molar-refractivity contribution >= 4 is 23.0 Å². The fourth-order valence-corrected chi connectivity index (χ4v) is 3.88. The van der Waals surface area contributed by atoms with Crippen molar-refractivity contribution in [3.8, 4) is 5.82 Å². The molecule has 0 bridgehead atoms. The predicted octanol–water partition coefficient (Wildman–Crippen LogP) is 4.16. The number of nitrogens with zero attached hydrogens (tertiary/aromatic N) is 4. The first kappa shape index (κ1) is 21.2. The third kappa shape index (κ3) is 4.23. The molecule has 1 aliphatic heterocycles. The molecule has 162 valence electrons. The number of rotatable bonds is 5. The van der Waals surface area contributed by atoms with E-state index in [0.29, 0.717) is 31.0 Å². The third-order valence-corrected chi connectivity index (χ3v) is 5.59. The average molecular weight is 450 g/mol. The maximum atomic E-state index is 12.7. The maximum absolute atomic E-state index is 12.7. The van der Waals surface area contributed by atoms with Gasteiger partial charge in [-0.1, -0.05) is 29.8 Å². The summed E-state index contributed by atoms with van der Waals surface area (Å²) in [6.45, 7) is 3.40. The predicted molar refractivity (Wildman–Crippen MR) is 113 cm³/mol. The van der Waals surface area contributed by atoms with Crippen LogP contribution in [0.3, 0.4) is 0 Å². The Labute approximate surface area is 181 Å². The maximum Gasteiger partial charge on any atom is 0.417 e. The van der Waals surface area contributed by atoms with Crippen LogP contribution in [0.5, 0.6) is 0 Å². The minimum atomic E-state index is -4.51. The lowest BCUT2D eigenvalue weighted by atomic mass is 10.1. The Morgan fingerprint density at radius 3 is 2.68 bits per heavy atom. The molecule has 6 nitrogen and oxygen atoms in total. The highest BCUT2D eigenvalue weighted by Gasteiger charge is 2.31. The minimum Gasteiger partial charge on any atom is -0.381 e. The van der Waals surface area contributed by atoms with Crippen molar-refractivity contribution in [3.63, 3.8) is 0 Å². The Kier molecular flexibility index (Phi) is 5.62. The zero-order valence-corrected chi connectivity index (χ0v) is 17.3. The van der Waals surface area contributed by atoms with Crippen LogP contribution < -0.4 is 15.8 Å². The molecule has 1 unspecified atom stereocenters. The van der Waals surface area contributed by atoms with Crippen molar-refractivity contribution in [2.75, 3.05) is 23.3 Å². The van der Waals surface area contributed by atoms with Crippen molar-refractivity contribution in [2.45, 2.75) is 25.6 Å². The second-order valence-electron chi connectivity index (χ2n) is 7.29. The summed E-state index contributed by atoms with van der Waals surface area (Å²) in [5.41, 5.74) is 1.28. The van der Waals surface area contributed by atoms with Crippen LogP contribution in [0.15, 0.2) is 53.6 Å². The molecule has 10 heteroatoms. The van der Waals surface area contributed by atoms with E-state index in [1.165, 1.54) is 17.4 Å². The Balaban J connectivity index is 1.46. The summed E-state index contributed by atoms with van der Waals surface area (Å²) in [5.74, 6) is -0.0473. The summed E-state index contributed by atoms with van der Waals surface area (Å²) in [6, 6.07) is 10.5. The van der Waals surface area contributed by atoms with Crippen LogP contribution in [0.2, 0.25) is 5.02 Å². The number of hydrogen-bond acceptors (Lipinski definition) is 5. The molecule has 31 heavy (non-hydrogen) atoms. The number of pyridine rings is 1. The van der Waals surface area contributed by atoms with Gasteiger partial charge < -0.3 is 10.2 Å². The van der Waals surface area contributed by atoms with Crippen molar-refractivity contribution in [2.24, 2.45) is 0 Å². The molecule has 0 spiro atoms. The molecule has 1 aliphatic rings. The number of para-hydroxylation sites is 1. The first-order chi connectivity index (χ1) is 14.8. The molecule has 0 saturated heterocycles. The molecule has 0 aliphatic carbocycles. The Morgan fingerprint density at radius 1 is 1.19 bits per heavy atom. The number of anilines is 2. The van der Waals surface area contributed by atoms with Gasteiger partial charge in [0, 0.05) is 31.0 Å². The summed E-state index contributed by atoms with van der Waals surface area (Å²) in [5, 5.41) is 7.02. The van der Waals surface area contributed by atoms with Gasteiger partial charge >= 0.3 is 6.18 Å². The molecule has 2 aromatic heterocycles. The Morgan fingerprint density at radius 2 is 1.97 bits per heavy atom. The molecule has 0 amide bonds. The highest BCUT2D eigenvalue weighted by molar-refractivity contribution is 6.32. The van der Waals surface area contributed by atoms with E-state index in [1.807, 2.05) is 12.1 Å².